The van der Waals surface area contributed by atoms with Crippen LogP contribution in [0.3, 0.4) is 0 Å². The zero-order valence-corrected chi connectivity index (χ0v) is 27.1. The van der Waals surface area contributed by atoms with Gasteiger partial charge in [0.25, 0.3) is 0 Å². The molecule has 0 fully saturated rings. The summed E-state index contributed by atoms with van der Waals surface area (Å²) in [6, 6.07) is 46.6. The van der Waals surface area contributed by atoms with Crippen molar-refractivity contribution in [3.05, 3.63) is 176 Å². The second-order valence-electron chi connectivity index (χ2n) is 12.4. The maximum Gasteiger partial charge on any atom is 0.164 e. The van der Waals surface area contributed by atoms with E-state index in [0.717, 1.165) is 60.2 Å². The van der Waals surface area contributed by atoms with Crippen molar-refractivity contribution in [2.75, 3.05) is 0 Å². The highest BCUT2D eigenvalue weighted by atomic mass is 16.3. The van der Waals surface area contributed by atoms with Gasteiger partial charge in [0, 0.05) is 27.5 Å². The Balaban J connectivity index is 1.18. The zero-order chi connectivity index (χ0) is 38.1. The summed E-state index contributed by atoms with van der Waals surface area (Å²) < 4.78 is 48.9. The molecule has 0 aliphatic heterocycles. The standard InChI is InChI=1S/C47H29N3O/c1-3-12-30(13-4-1)31-22-24-34(25-23-31)46-48-45(33-15-5-2-6-16-33)49-47(50-46)35-26-27-42-41(28-35)44-39-20-10-9-19-38(39)40(29-43(44)51-42)37-21-11-17-32-14-7-8-18-36(32)37/h1-29H/i2D,5D,6D,15D,16D. The first-order chi connectivity index (χ1) is 27.3. The number of fused-ring (bicyclic) bond motifs is 6. The van der Waals surface area contributed by atoms with Gasteiger partial charge in [0.15, 0.2) is 17.5 Å². The van der Waals surface area contributed by atoms with Gasteiger partial charge in [0.05, 0.1) is 6.85 Å². The fraction of sp³-hybridized carbons (Fsp3) is 0. The molecule has 8 aromatic carbocycles. The van der Waals surface area contributed by atoms with Crippen molar-refractivity contribution in [3.63, 3.8) is 0 Å². The highest BCUT2D eigenvalue weighted by molar-refractivity contribution is 6.23. The molecule has 0 saturated heterocycles. The van der Waals surface area contributed by atoms with Crippen LogP contribution in [0.15, 0.2) is 180 Å². The molecule has 0 atom stereocenters. The predicted octanol–water partition coefficient (Wildman–Crippen LogP) is 12.4. The fourth-order valence-corrected chi connectivity index (χ4v) is 7.01. The Morgan fingerprint density at radius 1 is 0.392 bits per heavy atom. The molecule has 0 bridgehead atoms. The van der Waals surface area contributed by atoms with E-state index in [2.05, 4.69) is 66.7 Å². The quantitative estimate of drug-likeness (QED) is 0.185. The smallest absolute Gasteiger partial charge is 0.164 e. The molecule has 0 unspecified atom stereocenters. The average molecular weight is 657 g/mol. The number of hydrogen-bond donors (Lipinski definition) is 0. The molecule has 0 radical (unpaired) electrons. The lowest BCUT2D eigenvalue weighted by Gasteiger charge is -2.11. The molecule has 238 valence electrons. The Hall–Kier alpha value is -6.91. The summed E-state index contributed by atoms with van der Waals surface area (Å²) in [5.41, 5.74) is 6.96. The van der Waals surface area contributed by atoms with Gasteiger partial charge in [0.1, 0.15) is 11.2 Å². The minimum Gasteiger partial charge on any atom is -0.456 e. The first kappa shape index (κ1) is 24.3. The SMILES string of the molecule is [2H]c1c([2H])c([2H])c(-c2nc(-c3ccc(-c4ccccc4)cc3)nc(-c3ccc4oc5cc(-c6cccc7ccccc67)c6ccccc6c5c4c3)n2)c([2H])c1[2H]. The lowest BCUT2D eigenvalue weighted by molar-refractivity contribution is 0.669. The van der Waals surface area contributed by atoms with E-state index in [1.807, 2.05) is 78.9 Å². The number of furan rings is 1. The van der Waals surface area contributed by atoms with E-state index in [-0.39, 0.29) is 29.3 Å². The van der Waals surface area contributed by atoms with Gasteiger partial charge in [-0.05, 0) is 68.1 Å². The summed E-state index contributed by atoms with van der Waals surface area (Å²) in [5.74, 6) is 0.576. The summed E-state index contributed by atoms with van der Waals surface area (Å²) in [6.45, 7) is 0. The summed E-state index contributed by atoms with van der Waals surface area (Å²) >= 11 is 0. The minimum absolute atomic E-state index is 0.0172. The van der Waals surface area contributed by atoms with Crippen molar-refractivity contribution >= 4 is 43.5 Å². The van der Waals surface area contributed by atoms with Crippen molar-refractivity contribution in [2.24, 2.45) is 0 Å². The topological polar surface area (TPSA) is 51.8 Å². The highest BCUT2D eigenvalue weighted by Crippen LogP contribution is 2.42. The Labute approximate surface area is 301 Å². The third-order valence-corrected chi connectivity index (χ3v) is 9.42. The molecule has 51 heavy (non-hydrogen) atoms. The van der Waals surface area contributed by atoms with E-state index in [1.165, 1.54) is 0 Å². The van der Waals surface area contributed by atoms with Crippen LogP contribution in [0.1, 0.15) is 6.85 Å². The van der Waals surface area contributed by atoms with Gasteiger partial charge >= 0.3 is 0 Å². The number of hydrogen-bond acceptors (Lipinski definition) is 4. The molecular weight excluding hydrogens is 623 g/mol. The average Bonchev–Trinajstić information content (AvgIpc) is 3.63. The molecule has 2 heterocycles. The minimum atomic E-state index is -0.483. The molecule has 4 heteroatoms. The van der Waals surface area contributed by atoms with Gasteiger partial charge in [-0.25, -0.2) is 15.0 Å². The molecule has 0 saturated carbocycles. The lowest BCUT2D eigenvalue weighted by Crippen LogP contribution is -2.00. The third-order valence-electron chi connectivity index (χ3n) is 9.42. The molecule has 4 nitrogen and oxygen atoms in total. The maximum absolute atomic E-state index is 8.74. The molecule has 0 aliphatic carbocycles. The second kappa shape index (κ2) is 11.9. The molecule has 10 rings (SSSR count). The van der Waals surface area contributed by atoms with Gasteiger partial charge in [0.2, 0.25) is 0 Å². The van der Waals surface area contributed by atoms with Crippen LogP contribution in [0.4, 0.5) is 0 Å². The normalized spacial score (nSPS) is 12.9. The van der Waals surface area contributed by atoms with E-state index in [9.17, 15) is 0 Å². The third kappa shape index (κ3) is 5.04. The fourth-order valence-electron chi connectivity index (χ4n) is 7.01. The van der Waals surface area contributed by atoms with Crippen LogP contribution < -0.4 is 0 Å². The monoisotopic (exact) mass is 656 g/mol. The van der Waals surface area contributed by atoms with E-state index in [0.29, 0.717) is 22.5 Å². The van der Waals surface area contributed by atoms with Crippen LogP contribution in [0, 0.1) is 0 Å². The number of nitrogens with zero attached hydrogens (tertiary/aromatic N) is 3. The summed E-state index contributed by atoms with van der Waals surface area (Å²) in [7, 11) is 0. The Morgan fingerprint density at radius 3 is 1.80 bits per heavy atom. The molecular formula is C47H29N3O. The Morgan fingerprint density at radius 2 is 1.00 bits per heavy atom. The number of benzene rings is 8. The van der Waals surface area contributed by atoms with Crippen LogP contribution in [0.25, 0.3) is 99.9 Å². The van der Waals surface area contributed by atoms with Gasteiger partial charge < -0.3 is 4.42 Å². The predicted molar refractivity (Wildman–Crippen MR) is 209 cm³/mol. The van der Waals surface area contributed by atoms with Crippen molar-refractivity contribution in [1.82, 2.24) is 15.0 Å². The van der Waals surface area contributed by atoms with Gasteiger partial charge in [-0.15, -0.1) is 0 Å². The summed E-state index contributed by atoms with van der Waals surface area (Å²) in [4.78, 5) is 14.5. The zero-order valence-electron chi connectivity index (χ0n) is 32.1. The second-order valence-corrected chi connectivity index (χ2v) is 12.4. The van der Waals surface area contributed by atoms with Crippen molar-refractivity contribution in [2.45, 2.75) is 0 Å². The molecule has 0 N–H and O–H groups in total. The van der Waals surface area contributed by atoms with Crippen molar-refractivity contribution in [1.29, 1.82) is 0 Å². The first-order valence-corrected chi connectivity index (χ1v) is 16.7. The van der Waals surface area contributed by atoms with Crippen LogP contribution >= 0.6 is 0 Å². The summed E-state index contributed by atoms with van der Waals surface area (Å²) in [5, 5.41) is 6.28. The van der Waals surface area contributed by atoms with Crippen molar-refractivity contribution < 1.29 is 11.3 Å². The van der Waals surface area contributed by atoms with Gasteiger partial charge in [-0.1, -0.05) is 152 Å². The molecule has 0 aliphatic rings. The highest BCUT2D eigenvalue weighted by Gasteiger charge is 2.18. The van der Waals surface area contributed by atoms with Crippen LogP contribution in [0.2, 0.25) is 0 Å². The maximum atomic E-state index is 8.74. The van der Waals surface area contributed by atoms with Crippen molar-refractivity contribution in [3.8, 4) is 56.4 Å². The van der Waals surface area contributed by atoms with E-state index >= 15 is 0 Å². The van der Waals surface area contributed by atoms with Crippen LogP contribution in [0.5, 0.6) is 0 Å². The van der Waals surface area contributed by atoms with Gasteiger partial charge in [-0.3, -0.25) is 0 Å². The van der Waals surface area contributed by atoms with Crippen LogP contribution in [-0.4, -0.2) is 15.0 Å². The largest absolute Gasteiger partial charge is 0.456 e. The van der Waals surface area contributed by atoms with E-state index < -0.39 is 18.1 Å². The van der Waals surface area contributed by atoms with E-state index in [4.69, 9.17) is 26.2 Å². The number of aromatic nitrogens is 3. The van der Waals surface area contributed by atoms with E-state index in [1.54, 1.807) is 0 Å². The van der Waals surface area contributed by atoms with Crippen LogP contribution in [-0.2, 0) is 0 Å². The number of rotatable bonds is 5. The Bertz CT molecular complexity index is 3170. The molecule has 2 aromatic heterocycles. The summed E-state index contributed by atoms with van der Waals surface area (Å²) in [6.07, 6.45) is 0. The van der Waals surface area contributed by atoms with Gasteiger partial charge in [-0.2, -0.15) is 0 Å². The lowest BCUT2D eigenvalue weighted by atomic mass is 9.92. The first-order valence-electron chi connectivity index (χ1n) is 19.2. The Kier molecular flexibility index (Phi) is 5.66. The molecule has 0 amide bonds. The molecule has 0 spiro atoms. The molecule has 10 aromatic rings.